The summed E-state index contributed by atoms with van der Waals surface area (Å²) in [7, 11) is 0. The van der Waals surface area contributed by atoms with E-state index in [1.807, 2.05) is 0 Å². The van der Waals surface area contributed by atoms with Crippen molar-refractivity contribution in [3.05, 3.63) is 75.8 Å². The average molecular weight is 497 g/mol. The van der Waals surface area contributed by atoms with Crippen molar-refractivity contribution in [2.24, 2.45) is 0 Å². The van der Waals surface area contributed by atoms with Gasteiger partial charge in [-0.3, -0.25) is 19.7 Å². The van der Waals surface area contributed by atoms with E-state index < -0.39 is 45.6 Å². The Kier molecular flexibility index (Phi) is 6.85. The van der Waals surface area contributed by atoms with Crippen LogP contribution in [-0.2, 0) is 30.5 Å². The number of hydrogen-bond donors (Lipinski definition) is 1. The largest absolute Gasteiger partial charge is 0.477 e. The molecule has 35 heavy (non-hydrogen) atoms. The third-order valence-corrected chi connectivity index (χ3v) is 6.77. The van der Waals surface area contributed by atoms with Crippen LogP contribution in [0.3, 0.4) is 0 Å². The molecule has 4 atom stereocenters. The van der Waals surface area contributed by atoms with Crippen LogP contribution in [0.4, 0.5) is 5.69 Å². The molecule has 2 aromatic rings. The zero-order chi connectivity index (χ0) is 25.1. The zero-order valence-electron chi connectivity index (χ0n) is 18.3. The van der Waals surface area contributed by atoms with Gasteiger partial charge in [-0.15, -0.1) is 11.8 Å². The van der Waals surface area contributed by atoms with Crippen LogP contribution in [0, 0.1) is 10.1 Å². The van der Waals surface area contributed by atoms with Crippen LogP contribution in [0.1, 0.15) is 12.5 Å². The highest BCUT2D eigenvalue weighted by molar-refractivity contribution is 8.00. The van der Waals surface area contributed by atoms with Crippen LogP contribution in [0.15, 0.2) is 60.2 Å². The molecule has 2 saturated heterocycles. The van der Waals surface area contributed by atoms with Gasteiger partial charge in [0.1, 0.15) is 29.0 Å². The Bertz CT molecular complexity index is 1210. The van der Waals surface area contributed by atoms with Crippen molar-refractivity contribution in [3.63, 3.8) is 0 Å². The minimum atomic E-state index is -1.41. The second-order valence-electron chi connectivity index (χ2n) is 7.70. The quantitative estimate of drug-likeness (QED) is 0.198. The molecule has 4 rings (SSSR count). The van der Waals surface area contributed by atoms with E-state index in [9.17, 15) is 29.3 Å². The molecular formula is C23H19N3O8S. The van der Waals surface area contributed by atoms with Gasteiger partial charge in [-0.05, 0) is 29.8 Å². The van der Waals surface area contributed by atoms with Gasteiger partial charge in [0.2, 0.25) is 12.0 Å². The number of amides is 2. The highest BCUT2D eigenvalue weighted by Gasteiger charge is 2.61. The Morgan fingerprint density at radius 1 is 1.17 bits per heavy atom. The van der Waals surface area contributed by atoms with Crippen molar-refractivity contribution in [2.45, 2.75) is 36.4 Å². The fourth-order valence-corrected chi connectivity index (χ4v) is 5.23. The van der Waals surface area contributed by atoms with Gasteiger partial charge in [0, 0.05) is 19.1 Å². The number of carbonyl (C=O) groups is 3. The predicted octanol–water partition coefficient (Wildman–Crippen LogP) is 1.59. The molecule has 0 spiro atoms. The predicted molar refractivity (Wildman–Crippen MR) is 123 cm³/mol. The van der Waals surface area contributed by atoms with Gasteiger partial charge in [-0.1, -0.05) is 18.2 Å². The summed E-state index contributed by atoms with van der Waals surface area (Å²) in [6.07, 6.45) is -0.933. The summed E-state index contributed by atoms with van der Waals surface area (Å²) in [5.74, 6) is 0.306. The summed E-state index contributed by atoms with van der Waals surface area (Å²) >= 11 is 1.09. The Morgan fingerprint density at radius 2 is 1.86 bits per heavy atom. The SMILES string of the molecule is CC(=O)NC1S[C@@H]2C(Oc3ccccc3)C(=O)N2C(C(=O)OCc2ccc([N+](=O)[O-])cc2)C1=C=O. The first-order valence-electron chi connectivity index (χ1n) is 10.4. The number of β-lactam (4-membered cyclic amide) rings is 1. The molecule has 2 amide bonds. The molecule has 11 nitrogen and oxygen atoms in total. The second kappa shape index (κ2) is 10.00. The maximum absolute atomic E-state index is 13.1. The summed E-state index contributed by atoms with van der Waals surface area (Å²) in [6, 6.07) is 12.6. The first kappa shape index (κ1) is 24.0. The normalized spacial score (nSPS) is 22.8. The molecular weight excluding hydrogens is 478 g/mol. The van der Waals surface area contributed by atoms with E-state index in [0.717, 1.165) is 11.8 Å². The maximum Gasteiger partial charge on any atom is 0.334 e. The number of nitrogens with zero attached hydrogens (tertiary/aromatic N) is 2. The number of benzene rings is 2. The molecule has 2 aliphatic heterocycles. The highest BCUT2D eigenvalue weighted by Crippen LogP contribution is 2.44. The van der Waals surface area contributed by atoms with E-state index in [1.165, 1.54) is 36.1 Å². The third-order valence-electron chi connectivity index (χ3n) is 5.37. The van der Waals surface area contributed by atoms with Gasteiger partial charge in [0.25, 0.3) is 11.6 Å². The van der Waals surface area contributed by atoms with Gasteiger partial charge in [0.15, 0.2) is 6.04 Å². The average Bonchev–Trinajstić information content (AvgIpc) is 2.85. The monoisotopic (exact) mass is 497 g/mol. The molecule has 1 N–H and O–H groups in total. The van der Waals surface area contributed by atoms with E-state index in [4.69, 9.17) is 9.47 Å². The molecule has 2 aliphatic rings. The van der Waals surface area contributed by atoms with Crippen LogP contribution in [0.25, 0.3) is 0 Å². The van der Waals surface area contributed by atoms with Crippen LogP contribution < -0.4 is 10.1 Å². The lowest BCUT2D eigenvalue weighted by Gasteiger charge is -2.53. The Morgan fingerprint density at radius 3 is 2.46 bits per heavy atom. The number of nitro groups is 1. The number of nitro benzene ring substituents is 1. The van der Waals surface area contributed by atoms with Crippen molar-refractivity contribution in [1.82, 2.24) is 10.2 Å². The molecule has 180 valence electrons. The number of non-ortho nitro benzene ring substituents is 1. The van der Waals surface area contributed by atoms with Crippen molar-refractivity contribution in [2.75, 3.05) is 0 Å². The third kappa shape index (κ3) is 4.88. The Balaban J connectivity index is 1.54. The molecule has 2 heterocycles. The van der Waals surface area contributed by atoms with Crippen molar-refractivity contribution in [3.8, 4) is 5.75 Å². The number of hydrogen-bond acceptors (Lipinski definition) is 9. The number of esters is 1. The number of thioether (sulfide) groups is 1. The van der Waals surface area contributed by atoms with E-state index in [2.05, 4.69) is 5.32 Å². The first-order valence-corrected chi connectivity index (χ1v) is 11.4. The highest BCUT2D eigenvalue weighted by atomic mass is 32.2. The van der Waals surface area contributed by atoms with Crippen molar-refractivity contribution >= 4 is 41.2 Å². The smallest absolute Gasteiger partial charge is 0.334 e. The summed E-state index contributed by atoms with van der Waals surface area (Å²) in [4.78, 5) is 61.0. The van der Waals surface area contributed by atoms with E-state index in [0.29, 0.717) is 11.3 Å². The summed E-state index contributed by atoms with van der Waals surface area (Å²) < 4.78 is 11.1. The van der Waals surface area contributed by atoms with Gasteiger partial charge in [0.05, 0.1) is 10.5 Å². The van der Waals surface area contributed by atoms with Crippen molar-refractivity contribution in [1.29, 1.82) is 0 Å². The number of ether oxygens (including phenoxy) is 2. The molecule has 0 bridgehead atoms. The summed E-state index contributed by atoms with van der Waals surface area (Å²) in [5.41, 5.74) is 0.204. The van der Waals surface area contributed by atoms with Gasteiger partial charge in [-0.2, -0.15) is 0 Å². The van der Waals surface area contributed by atoms with E-state index >= 15 is 0 Å². The fourth-order valence-electron chi connectivity index (χ4n) is 3.72. The van der Waals surface area contributed by atoms with Gasteiger partial charge >= 0.3 is 5.97 Å². The summed E-state index contributed by atoms with van der Waals surface area (Å²) in [5, 5.41) is 11.8. The van der Waals surface area contributed by atoms with Gasteiger partial charge in [-0.25, -0.2) is 9.59 Å². The molecule has 2 fully saturated rings. The standard InChI is InChI=1S/C23H19N3O8S/c1-13(28)24-20-17(11-27)18(23(30)33-12-14-7-9-15(10-8-14)26(31)32)25-21(29)19(22(25)35-20)34-16-5-3-2-4-6-16/h2-10,18-20,22H,12H2,1H3,(H,24,28)/t18?,19?,20?,22-/m1/s1. The van der Waals surface area contributed by atoms with Crippen molar-refractivity contribution < 1.29 is 33.6 Å². The van der Waals surface area contributed by atoms with Crippen LogP contribution in [0.5, 0.6) is 5.75 Å². The number of carbonyl (C=O) groups excluding carboxylic acids is 4. The topological polar surface area (TPSA) is 145 Å². The fraction of sp³-hybridized carbons (Fsp3) is 0.261. The van der Waals surface area contributed by atoms with Crippen LogP contribution in [-0.4, -0.2) is 56.4 Å². The lowest BCUT2D eigenvalue weighted by atomic mass is 9.98. The number of nitrogens with one attached hydrogen (secondary N) is 1. The molecule has 12 heteroatoms. The second-order valence-corrected chi connectivity index (χ2v) is 8.92. The lowest BCUT2D eigenvalue weighted by molar-refractivity contribution is -0.384. The zero-order valence-corrected chi connectivity index (χ0v) is 19.1. The number of para-hydroxylation sites is 1. The Hall–Kier alpha value is -4.15. The van der Waals surface area contributed by atoms with Crippen LogP contribution >= 0.6 is 11.8 Å². The Labute approximate surface area is 203 Å². The molecule has 3 unspecified atom stereocenters. The van der Waals surface area contributed by atoms with E-state index in [1.54, 1.807) is 36.3 Å². The van der Waals surface area contributed by atoms with Crippen LogP contribution in [0.2, 0.25) is 0 Å². The molecule has 0 saturated carbocycles. The number of fused-ring (bicyclic) bond motifs is 1. The number of rotatable bonds is 7. The molecule has 0 radical (unpaired) electrons. The molecule has 0 aliphatic carbocycles. The molecule has 2 aromatic carbocycles. The maximum atomic E-state index is 13.1. The van der Waals surface area contributed by atoms with E-state index in [-0.39, 0.29) is 17.9 Å². The molecule has 0 aromatic heterocycles. The summed E-state index contributed by atoms with van der Waals surface area (Å²) in [6.45, 7) is 1.02. The van der Waals surface area contributed by atoms with Gasteiger partial charge < -0.3 is 19.7 Å². The minimum absolute atomic E-state index is 0.118. The minimum Gasteiger partial charge on any atom is -0.477 e. The first-order chi connectivity index (χ1) is 16.8. The lowest BCUT2D eigenvalue weighted by Crippen LogP contribution is -2.73.